The van der Waals surface area contributed by atoms with E-state index in [2.05, 4.69) is 10.1 Å². The first kappa shape index (κ1) is 30.2. The van der Waals surface area contributed by atoms with E-state index >= 15 is 8.78 Å². The minimum Gasteiger partial charge on any atom is -0.466 e. The maximum Gasteiger partial charge on any atom is 0.412 e. The minimum absolute atomic E-state index is 0.0574. The molecule has 2 aromatic carbocycles. The predicted octanol–water partition coefficient (Wildman–Crippen LogP) is 6.89. The smallest absolute Gasteiger partial charge is 0.412 e. The van der Waals surface area contributed by atoms with Gasteiger partial charge in [-0.2, -0.15) is 0 Å². The Bertz CT molecular complexity index is 1260. The Balaban J connectivity index is 2.14. The number of esters is 1. The molecule has 6 nitrogen and oxygen atoms in total. The van der Waals surface area contributed by atoms with Gasteiger partial charge in [-0.25, -0.2) is 22.8 Å². The van der Waals surface area contributed by atoms with Gasteiger partial charge in [-0.15, -0.1) is 0 Å². The van der Waals surface area contributed by atoms with Crippen LogP contribution in [0.25, 0.3) is 6.08 Å². The first-order valence-electron chi connectivity index (χ1n) is 12.8. The zero-order valence-electron chi connectivity index (χ0n) is 23.7. The molecular weight excluding hydrogens is 509 g/mol. The Morgan fingerprint density at radius 1 is 1.13 bits per heavy atom. The number of fused-ring (bicyclic) bond motifs is 1. The van der Waals surface area contributed by atoms with Crippen molar-refractivity contribution in [2.24, 2.45) is 0 Å². The number of carbonyl (C=O) groups excluding carboxylic acids is 2. The molecule has 0 radical (unpaired) electrons. The van der Waals surface area contributed by atoms with Gasteiger partial charge >= 0.3 is 12.1 Å². The molecule has 1 amide bonds. The van der Waals surface area contributed by atoms with Gasteiger partial charge in [0.2, 0.25) is 0 Å². The second-order valence-electron chi connectivity index (χ2n) is 11.5. The second-order valence-corrected chi connectivity index (χ2v) is 11.5. The third kappa shape index (κ3) is 7.41. The number of benzene rings is 2. The van der Waals surface area contributed by atoms with Gasteiger partial charge in [-0.3, -0.25) is 10.2 Å². The number of amides is 1. The van der Waals surface area contributed by atoms with E-state index in [-0.39, 0.29) is 23.7 Å². The summed E-state index contributed by atoms with van der Waals surface area (Å²) in [5, 5.41) is 2.77. The largest absolute Gasteiger partial charge is 0.466 e. The molecule has 212 valence electrons. The number of rotatable bonds is 6. The Morgan fingerprint density at radius 3 is 2.28 bits per heavy atom. The number of anilines is 1. The highest BCUT2D eigenvalue weighted by Crippen LogP contribution is 2.43. The monoisotopic (exact) mass is 546 g/mol. The minimum atomic E-state index is -1.63. The van der Waals surface area contributed by atoms with E-state index in [1.165, 1.54) is 27.0 Å². The molecular formula is C30H37F3N2O4. The molecule has 1 heterocycles. The zero-order chi connectivity index (χ0) is 29.3. The lowest BCUT2D eigenvalue weighted by molar-refractivity contribution is -0.134. The predicted molar refractivity (Wildman–Crippen MR) is 145 cm³/mol. The highest BCUT2D eigenvalue weighted by atomic mass is 19.1. The van der Waals surface area contributed by atoms with Gasteiger partial charge in [0.05, 0.1) is 13.2 Å². The quantitative estimate of drug-likeness (QED) is 0.316. The van der Waals surface area contributed by atoms with Crippen LogP contribution < -0.4 is 5.32 Å². The van der Waals surface area contributed by atoms with Gasteiger partial charge in [0.1, 0.15) is 22.9 Å². The lowest BCUT2D eigenvalue weighted by atomic mass is 9.81. The van der Waals surface area contributed by atoms with Gasteiger partial charge in [-0.05, 0) is 101 Å². The van der Waals surface area contributed by atoms with Crippen LogP contribution in [-0.2, 0) is 20.7 Å². The molecule has 0 aliphatic carbocycles. The van der Waals surface area contributed by atoms with Gasteiger partial charge in [-0.1, -0.05) is 6.07 Å². The van der Waals surface area contributed by atoms with Crippen molar-refractivity contribution in [3.8, 4) is 0 Å². The molecule has 0 saturated heterocycles. The average Bonchev–Trinajstić information content (AvgIpc) is 2.79. The molecule has 1 aliphatic heterocycles. The molecule has 1 N–H and O–H groups in total. The Labute approximate surface area is 228 Å². The van der Waals surface area contributed by atoms with Crippen LogP contribution in [0.15, 0.2) is 30.3 Å². The van der Waals surface area contributed by atoms with Crippen LogP contribution in [0, 0.1) is 18.6 Å². The highest BCUT2D eigenvalue weighted by molar-refractivity contribution is 5.87. The van der Waals surface area contributed by atoms with E-state index in [0.717, 1.165) is 29.3 Å². The fourth-order valence-corrected chi connectivity index (χ4v) is 4.90. The summed E-state index contributed by atoms with van der Waals surface area (Å²) in [5.74, 6) is -2.29. The molecule has 0 spiro atoms. The highest BCUT2D eigenvalue weighted by Gasteiger charge is 2.40. The van der Waals surface area contributed by atoms with Crippen LogP contribution in [0.3, 0.4) is 0 Å². The number of nitrogens with zero attached hydrogens (tertiary/aromatic N) is 1. The SMILES string of the molecule is COC(=O)/C=C/c1cc(F)c([C@H]2c3ccc(NC(=O)OC(C)(C)C)c(C)c3C[C@H](C)N2CC(C)(C)F)c(F)c1. The first-order chi connectivity index (χ1) is 18.0. The maximum atomic E-state index is 15.7. The normalized spacial score (nSPS) is 18.1. The average molecular weight is 547 g/mol. The van der Waals surface area contributed by atoms with Crippen molar-refractivity contribution in [2.75, 3.05) is 19.0 Å². The third-order valence-corrected chi connectivity index (χ3v) is 6.51. The maximum absolute atomic E-state index is 15.7. The summed E-state index contributed by atoms with van der Waals surface area (Å²) in [6.45, 7) is 11.8. The summed E-state index contributed by atoms with van der Waals surface area (Å²) in [6.07, 6.45) is 2.22. The number of hydrogen-bond donors (Lipinski definition) is 1. The molecule has 2 aromatic rings. The van der Waals surface area contributed by atoms with E-state index < -0.39 is 41.0 Å². The van der Waals surface area contributed by atoms with Crippen LogP contribution in [0.2, 0.25) is 0 Å². The number of ether oxygens (including phenoxy) is 2. The van der Waals surface area contributed by atoms with Crippen molar-refractivity contribution in [3.63, 3.8) is 0 Å². The topological polar surface area (TPSA) is 67.9 Å². The van der Waals surface area contributed by atoms with Gasteiger partial charge < -0.3 is 9.47 Å². The molecule has 3 rings (SSSR count). The fourth-order valence-electron chi connectivity index (χ4n) is 4.90. The Kier molecular flexibility index (Phi) is 8.85. The van der Waals surface area contributed by atoms with E-state index in [9.17, 15) is 14.0 Å². The van der Waals surface area contributed by atoms with Crippen LogP contribution in [0.4, 0.5) is 23.7 Å². The number of methoxy groups -OCH3 is 1. The molecule has 1 aliphatic rings. The number of carbonyl (C=O) groups is 2. The van der Waals surface area contributed by atoms with Gasteiger partial charge in [0.25, 0.3) is 0 Å². The van der Waals surface area contributed by atoms with Crippen LogP contribution in [-0.4, -0.2) is 47.9 Å². The van der Waals surface area contributed by atoms with Crippen molar-refractivity contribution in [1.29, 1.82) is 0 Å². The number of nitrogens with one attached hydrogen (secondary N) is 1. The van der Waals surface area contributed by atoms with Crippen molar-refractivity contribution in [1.82, 2.24) is 4.90 Å². The van der Waals surface area contributed by atoms with Crippen LogP contribution in [0.1, 0.15) is 75.4 Å². The molecule has 0 fully saturated rings. The zero-order valence-corrected chi connectivity index (χ0v) is 23.7. The van der Waals surface area contributed by atoms with Crippen LogP contribution >= 0.6 is 0 Å². The standard InChI is InChI=1S/C30H37F3N2O4/c1-17-13-21-18(2)24(34-28(37)39-29(3,4)5)11-10-20(21)27(35(17)16-30(6,7)33)26-22(31)14-19(15-23(26)32)9-12-25(36)38-8/h9-12,14-15,17,27H,13,16H2,1-8H3,(H,34,37)/b12-9+/t17-,27+/m0/s1. The van der Waals surface area contributed by atoms with E-state index in [1.54, 1.807) is 37.8 Å². The van der Waals surface area contributed by atoms with Gasteiger partial charge in [0, 0.05) is 29.9 Å². The van der Waals surface area contributed by atoms with E-state index in [0.29, 0.717) is 17.7 Å². The van der Waals surface area contributed by atoms with Crippen molar-refractivity contribution in [3.05, 3.63) is 69.8 Å². The third-order valence-electron chi connectivity index (χ3n) is 6.51. The summed E-state index contributed by atoms with van der Waals surface area (Å²) >= 11 is 0. The summed E-state index contributed by atoms with van der Waals surface area (Å²) in [5.41, 5.74) is 0.336. The summed E-state index contributed by atoms with van der Waals surface area (Å²) < 4.78 is 56.2. The lowest BCUT2D eigenvalue weighted by Crippen LogP contribution is -2.48. The van der Waals surface area contributed by atoms with E-state index in [1.807, 2.05) is 13.8 Å². The molecule has 0 saturated carbocycles. The Morgan fingerprint density at radius 2 is 1.74 bits per heavy atom. The van der Waals surface area contributed by atoms with E-state index in [4.69, 9.17) is 4.74 Å². The molecule has 9 heteroatoms. The summed E-state index contributed by atoms with van der Waals surface area (Å²) in [7, 11) is 1.20. The molecule has 0 aromatic heterocycles. The van der Waals surface area contributed by atoms with Crippen molar-refractivity contribution in [2.45, 2.75) is 78.2 Å². The first-order valence-corrected chi connectivity index (χ1v) is 12.8. The Hall–Kier alpha value is -3.33. The van der Waals surface area contributed by atoms with Gasteiger partial charge in [0.15, 0.2) is 0 Å². The molecule has 2 atom stereocenters. The molecule has 39 heavy (non-hydrogen) atoms. The second kappa shape index (κ2) is 11.4. The molecule has 0 bridgehead atoms. The number of hydrogen-bond acceptors (Lipinski definition) is 5. The lowest BCUT2D eigenvalue weighted by Gasteiger charge is -2.44. The van der Waals surface area contributed by atoms with Crippen molar-refractivity contribution < 1.29 is 32.2 Å². The summed E-state index contributed by atoms with van der Waals surface area (Å²) in [6, 6.07) is 4.47. The van der Waals surface area contributed by atoms with Crippen molar-refractivity contribution >= 4 is 23.8 Å². The summed E-state index contributed by atoms with van der Waals surface area (Å²) in [4.78, 5) is 25.6. The fraction of sp³-hybridized carbons (Fsp3) is 0.467. The number of halogens is 3. The number of alkyl halides is 1. The molecule has 0 unspecified atom stereocenters. The van der Waals surface area contributed by atoms with Crippen LogP contribution in [0.5, 0.6) is 0 Å².